The van der Waals surface area contributed by atoms with E-state index in [1.165, 1.54) is 6.07 Å². The maximum Gasteiger partial charge on any atom is 0.275 e. The Morgan fingerprint density at radius 2 is 1.89 bits per heavy atom. The molecule has 8 nitrogen and oxygen atoms in total. The summed E-state index contributed by atoms with van der Waals surface area (Å²) in [6.45, 7) is 10.8. The van der Waals surface area contributed by atoms with Gasteiger partial charge in [-0.15, -0.1) is 0 Å². The predicted molar refractivity (Wildman–Crippen MR) is 134 cm³/mol. The van der Waals surface area contributed by atoms with Gasteiger partial charge in [0, 0.05) is 24.8 Å². The molecule has 0 aliphatic carbocycles. The fourth-order valence-electron chi connectivity index (χ4n) is 4.28. The molecule has 1 aliphatic heterocycles. The standard InChI is InChI=1S/C26H29FN6O2/c1-17-9-21(27)22(30-25(34)23-14-32(16-29-23)26(2,3)4)12-20(17)18-10-19-13-28-15-33(19)24(11-18)31-5-7-35-8-6-31/h9-16H,5-8H2,1-4H3,(H,30,34). The van der Waals surface area contributed by atoms with Crippen LogP contribution in [0, 0.1) is 12.7 Å². The second-order valence-corrected chi connectivity index (χ2v) is 9.83. The first-order valence-electron chi connectivity index (χ1n) is 11.7. The van der Waals surface area contributed by atoms with Gasteiger partial charge in [0.15, 0.2) is 0 Å². The average Bonchev–Trinajstić information content (AvgIpc) is 3.50. The lowest BCUT2D eigenvalue weighted by Gasteiger charge is -2.30. The molecule has 35 heavy (non-hydrogen) atoms. The van der Waals surface area contributed by atoms with Crippen LogP contribution in [-0.2, 0) is 10.3 Å². The van der Waals surface area contributed by atoms with Gasteiger partial charge in [0.1, 0.15) is 23.7 Å². The SMILES string of the molecule is Cc1cc(F)c(NC(=O)c2cn(C(C)(C)C)cn2)cc1-c1cc(N2CCOCC2)n2cncc2c1. The van der Waals surface area contributed by atoms with E-state index in [2.05, 4.69) is 26.3 Å². The summed E-state index contributed by atoms with van der Waals surface area (Å²) < 4.78 is 24.3. The molecule has 0 bridgehead atoms. The molecular weight excluding hydrogens is 447 g/mol. The van der Waals surface area contributed by atoms with Crippen LogP contribution in [0.3, 0.4) is 0 Å². The van der Waals surface area contributed by atoms with Gasteiger partial charge in [0.05, 0.1) is 36.9 Å². The van der Waals surface area contributed by atoms with Crippen LogP contribution in [0.1, 0.15) is 36.8 Å². The van der Waals surface area contributed by atoms with Crippen LogP contribution in [0.25, 0.3) is 16.6 Å². The number of pyridine rings is 1. The molecular formula is C26H29FN6O2. The largest absolute Gasteiger partial charge is 0.378 e. The Kier molecular flexibility index (Phi) is 5.80. The fraction of sp³-hybridized carbons (Fsp3) is 0.346. The van der Waals surface area contributed by atoms with Gasteiger partial charge in [-0.1, -0.05) is 0 Å². The number of carbonyl (C=O) groups excluding carboxylic acids is 1. The number of rotatable bonds is 4. The van der Waals surface area contributed by atoms with Crippen molar-refractivity contribution in [3.8, 4) is 11.1 Å². The topological polar surface area (TPSA) is 76.7 Å². The molecule has 1 saturated heterocycles. The van der Waals surface area contributed by atoms with E-state index in [1.54, 1.807) is 31.1 Å². The lowest BCUT2D eigenvalue weighted by atomic mass is 9.99. The predicted octanol–water partition coefficient (Wildman–Crippen LogP) is 4.49. The molecule has 3 aromatic heterocycles. The maximum absolute atomic E-state index is 14.9. The van der Waals surface area contributed by atoms with Gasteiger partial charge in [-0.05, 0) is 68.7 Å². The van der Waals surface area contributed by atoms with E-state index in [-0.39, 0.29) is 16.9 Å². The van der Waals surface area contributed by atoms with Crippen molar-refractivity contribution < 1.29 is 13.9 Å². The summed E-state index contributed by atoms with van der Waals surface area (Å²) in [4.78, 5) is 23.6. The summed E-state index contributed by atoms with van der Waals surface area (Å²) >= 11 is 0. The zero-order valence-corrected chi connectivity index (χ0v) is 20.4. The minimum absolute atomic E-state index is 0.113. The van der Waals surface area contributed by atoms with Gasteiger partial charge in [-0.3, -0.25) is 9.20 Å². The quantitative estimate of drug-likeness (QED) is 0.470. The van der Waals surface area contributed by atoms with E-state index in [1.807, 2.05) is 42.7 Å². The summed E-state index contributed by atoms with van der Waals surface area (Å²) in [5.41, 5.74) is 3.60. The summed E-state index contributed by atoms with van der Waals surface area (Å²) in [5, 5.41) is 2.70. The molecule has 1 aliphatic rings. The number of nitrogens with one attached hydrogen (secondary N) is 1. The second-order valence-electron chi connectivity index (χ2n) is 9.83. The number of hydrogen-bond donors (Lipinski definition) is 1. The highest BCUT2D eigenvalue weighted by Gasteiger charge is 2.20. The summed E-state index contributed by atoms with van der Waals surface area (Å²) in [5.74, 6) is 0.0518. The Morgan fingerprint density at radius 3 is 2.60 bits per heavy atom. The molecule has 9 heteroatoms. The number of imidazole rings is 2. The van der Waals surface area contributed by atoms with Crippen LogP contribution in [0.15, 0.2) is 49.3 Å². The summed E-state index contributed by atoms with van der Waals surface area (Å²) in [7, 11) is 0. The Hall–Kier alpha value is -3.72. The third-order valence-corrected chi connectivity index (χ3v) is 6.30. The molecule has 5 rings (SSSR count). The molecule has 0 spiro atoms. The van der Waals surface area contributed by atoms with Crippen LogP contribution < -0.4 is 10.2 Å². The fourth-order valence-corrected chi connectivity index (χ4v) is 4.28. The first kappa shape index (κ1) is 23.0. The van der Waals surface area contributed by atoms with E-state index in [9.17, 15) is 9.18 Å². The van der Waals surface area contributed by atoms with Gasteiger partial charge in [0.25, 0.3) is 5.91 Å². The molecule has 1 fully saturated rings. The lowest BCUT2D eigenvalue weighted by molar-refractivity contribution is 0.102. The number of amides is 1. The third kappa shape index (κ3) is 4.51. The number of hydrogen-bond acceptors (Lipinski definition) is 5. The van der Waals surface area contributed by atoms with Crippen molar-refractivity contribution in [1.29, 1.82) is 0 Å². The minimum atomic E-state index is -0.492. The first-order chi connectivity index (χ1) is 16.7. The average molecular weight is 477 g/mol. The van der Waals surface area contributed by atoms with Crippen molar-refractivity contribution >= 4 is 22.9 Å². The lowest BCUT2D eigenvalue weighted by Crippen LogP contribution is -2.37. The van der Waals surface area contributed by atoms with Gasteiger partial charge < -0.3 is 19.5 Å². The van der Waals surface area contributed by atoms with Crippen LogP contribution in [0.2, 0.25) is 0 Å². The molecule has 4 heterocycles. The van der Waals surface area contributed by atoms with E-state index < -0.39 is 11.7 Å². The Morgan fingerprint density at radius 1 is 1.11 bits per heavy atom. The van der Waals surface area contributed by atoms with Crippen LogP contribution >= 0.6 is 0 Å². The van der Waals surface area contributed by atoms with Crippen molar-refractivity contribution in [2.24, 2.45) is 0 Å². The number of carbonyl (C=O) groups is 1. The van der Waals surface area contributed by atoms with E-state index in [0.717, 1.165) is 41.1 Å². The second kappa shape index (κ2) is 8.81. The number of benzene rings is 1. The Bertz CT molecular complexity index is 1390. The Balaban J connectivity index is 1.51. The normalized spacial score (nSPS) is 14.5. The van der Waals surface area contributed by atoms with Crippen molar-refractivity contribution in [2.45, 2.75) is 33.2 Å². The monoisotopic (exact) mass is 476 g/mol. The number of morpholine rings is 1. The number of halogens is 1. The molecule has 1 aromatic carbocycles. The van der Waals surface area contributed by atoms with Gasteiger partial charge >= 0.3 is 0 Å². The highest BCUT2D eigenvalue weighted by atomic mass is 19.1. The van der Waals surface area contributed by atoms with Gasteiger partial charge in [0.2, 0.25) is 0 Å². The third-order valence-electron chi connectivity index (χ3n) is 6.30. The van der Waals surface area contributed by atoms with E-state index in [4.69, 9.17) is 4.74 Å². The molecule has 0 saturated carbocycles. The number of ether oxygens (including phenoxy) is 1. The molecule has 0 unspecified atom stereocenters. The van der Waals surface area contributed by atoms with Crippen LogP contribution in [0.5, 0.6) is 0 Å². The summed E-state index contributed by atoms with van der Waals surface area (Å²) in [6, 6.07) is 7.24. The van der Waals surface area contributed by atoms with Crippen molar-refractivity contribution in [2.75, 3.05) is 36.5 Å². The maximum atomic E-state index is 14.9. The van der Waals surface area contributed by atoms with E-state index >= 15 is 0 Å². The molecule has 4 aromatic rings. The first-order valence-corrected chi connectivity index (χ1v) is 11.7. The zero-order chi connectivity index (χ0) is 24.7. The molecule has 0 atom stereocenters. The Labute approximate surface area is 203 Å². The zero-order valence-electron chi connectivity index (χ0n) is 20.4. The summed E-state index contributed by atoms with van der Waals surface area (Å²) in [6.07, 6.45) is 6.88. The van der Waals surface area contributed by atoms with E-state index in [0.29, 0.717) is 13.2 Å². The number of nitrogens with zero attached hydrogens (tertiary/aromatic N) is 5. The number of aromatic nitrogens is 4. The number of aryl methyl sites for hydroxylation is 1. The van der Waals surface area contributed by atoms with Crippen molar-refractivity contribution in [1.82, 2.24) is 18.9 Å². The highest BCUT2D eigenvalue weighted by Crippen LogP contribution is 2.33. The van der Waals surface area contributed by atoms with Crippen LogP contribution in [0.4, 0.5) is 15.9 Å². The van der Waals surface area contributed by atoms with Gasteiger partial charge in [-0.25, -0.2) is 14.4 Å². The van der Waals surface area contributed by atoms with Crippen molar-refractivity contribution in [3.63, 3.8) is 0 Å². The smallest absolute Gasteiger partial charge is 0.275 e. The molecule has 1 N–H and O–H groups in total. The van der Waals surface area contributed by atoms with Crippen LogP contribution in [-0.4, -0.2) is 51.1 Å². The van der Waals surface area contributed by atoms with Crippen molar-refractivity contribution in [3.05, 3.63) is 66.4 Å². The van der Waals surface area contributed by atoms with Gasteiger partial charge in [-0.2, -0.15) is 0 Å². The number of anilines is 2. The molecule has 182 valence electrons. The highest BCUT2D eigenvalue weighted by molar-refractivity contribution is 6.03. The molecule has 0 radical (unpaired) electrons. The minimum Gasteiger partial charge on any atom is -0.378 e. The molecule has 1 amide bonds. The number of fused-ring (bicyclic) bond motifs is 1.